The molecule has 0 atom stereocenters. The number of pyridine rings is 1. The summed E-state index contributed by atoms with van der Waals surface area (Å²) in [5.74, 6) is 0.775. The number of aliphatic hydroxyl groups excluding tert-OH is 1. The molecule has 0 aliphatic carbocycles. The van der Waals surface area contributed by atoms with Crippen molar-refractivity contribution in [2.75, 3.05) is 13.2 Å². The van der Waals surface area contributed by atoms with Crippen LogP contribution in [-0.4, -0.2) is 39.2 Å². The molecular weight excluding hydrogens is 284 g/mol. The van der Waals surface area contributed by atoms with Gasteiger partial charge in [0.15, 0.2) is 5.65 Å². The maximum Gasteiger partial charge on any atom is 0.250 e. The van der Waals surface area contributed by atoms with Crippen molar-refractivity contribution in [1.82, 2.24) is 15.0 Å². The molecule has 1 amide bonds. The first-order chi connectivity index (χ1) is 10.7. The third kappa shape index (κ3) is 2.75. The lowest BCUT2D eigenvalue weighted by atomic mass is 10.2. The first-order valence-corrected chi connectivity index (χ1v) is 6.67. The summed E-state index contributed by atoms with van der Waals surface area (Å²) in [7, 11) is 0. The number of benzene rings is 1. The van der Waals surface area contributed by atoms with Gasteiger partial charge in [-0.15, -0.1) is 0 Å². The number of primary amides is 1. The Hall–Kier alpha value is -2.93. The first kappa shape index (κ1) is 14.0. The maximum atomic E-state index is 11.2. The Morgan fingerprint density at radius 3 is 2.77 bits per heavy atom. The van der Waals surface area contributed by atoms with Gasteiger partial charge in [0.2, 0.25) is 5.91 Å². The number of H-pyrrole nitrogens is 1. The number of ether oxygens (including phenoxy) is 1. The first-order valence-electron chi connectivity index (χ1n) is 6.67. The number of carbonyl (C=O) groups is 1. The SMILES string of the molecule is NC(=O)c1cnc2nc(-c3ccc(OCCO)cc3)[nH]c2c1. The minimum absolute atomic E-state index is 0.0286. The molecule has 0 radical (unpaired) electrons. The molecule has 0 bridgehead atoms. The van der Waals surface area contributed by atoms with E-state index < -0.39 is 5.91 Å². The Bertz CT molecular complexity index is 811. The monoisotopic (exact) mass is 298 g/mol. The van der Waals surface area contributed by atoms with Gasteiger partial charge in [-0.25, -0.2) is 9.97 Å². The van der Waals surface area contributed by atoms with Crippen LogP contribution in [0.4, 0.5) is 0 Å². The molecule has 0 saturated heterocycles. The fourth-order valence-corrected chi connectivity index (χ4v) is 2.04. The van der Waals surface area contributed by atoms with E-state index in [1.165, 1.54) is 6.20 Å². The number of carbonyl (C=O) groups excluding carboxylic acids is 1. The van der Waals surface area contributed by atoms with Gasteiger partial charge in [0.25, 0.3) is 0 Å². The van der Waals surface area contributed by atoms with Crippen LogP contribution in [0.1, 0.15) is 10.4 Å². The average molecular weight is 298 g/mol. The highest BCUT2D eigenvalue weighted by Crippen LogP contribution is 2.22. The summed E-state index contributed by atoms with van der Waals surface area (Å²) in [4.78, 5) is 22.8. The van der Waals surface area contributed by atoms with Crippen LogP contribution in [0, 0.1) is 0 Å². The number of aromatic amines is 1. The number of imidazole rings is 1. The van der Waals surface area contributed by atoms with Gasteiger partial charge in [-0.05, 0) is 30.3 Å². The van der Waals surface area contributed by atoms with Gasteiger partial charge < -0.3 is 20.6 Å². The van der Waals surface area contributed by atoms with E-state index in [9.17, 15) is 4.79 Å². The second kappa shape index (κ2) is 5.82. The minimum atomic E-state index is -0.532. The average Bonchev–Trinajstić information content (AvgIpc) is 2.96. The van der Waals surface area contributed by atoms with E-state index in [0.29, 0.717) is 28.3 Å². The summed E-state index contributed by atoms with van der Waals surface area (Å²) in [5.41, 5.74) is 7.58. The van der Waals surface area contributed by atoms with Crippen LogP contribution in [-0.2, 0) is 0 Å². The third-order valence-corrected chi connectivity index (χ3v) is 3.11. The van der Waals surface area contributed by atoms with Gasteiger partial charge in [-0.1, -0.05) is 0 Å². The van der Waals surface area contributed by atoms with E-state index in [1.807, 2.05) is 12.1 Å². The number of rotatable bonds is 5. The fourth-order valence-electron chi connectivity index (χ4n) is 2.04. The lowest BCUT2D eigenvalue weighted by molar-refractivity contribution is 0.1000. The lowest BCUT2D eigenvalue weighted by Crippen LogP contribution is -2.10. The summed E-state index contributed by atoms with van der Waals surface area (Å²) in [6.45, 7) is 0.225. The number of nitrogens with zero attached hydrogens (tertiary/aromatic N) is 2. The largest absolute Gasteiger partial charge is 0.491 e. The number of fused-ring (bicyclic) bond motifs is 1. The Balaban J connectivity index is 1.91. The predicted octanol–water partition coefficient (Wildman–Crippen LogP) is 1.09. The molecule has 3 aromatic rings. The molecule has 0 aliphatic rings. The van der Waals surface area contributed by atoms with Crippen molar-refractivity contribution in [3.63, 3.8) is 0 Å². The van der Waals surface area contributed by atoms with Crippen LogP contribution < -0.4 is 10.5 Å². The highest BCUT2D eigenvalue weighted by atomic mass is 16.5. The topological polar surface area (TPSA) is 114 Å². The molecule has 1 aromatic carbocycles. The standard InChI is InChI=1S/C15H14N4O3/c16-13(21)10-7-12-15(17-8-10)19-14(18-12)9-1-3-11(4-2-9)22-6-5-20/h1-4,7-8,20H,5-6H2,(H2,16,21)(H,17,18,19). The van der Waals surface area contributed by atoms with Gasteiger partial charge >= 0.3 is 0 Å². The summed E-state index contributed by atoms with van der Waals surface area (Å²) in [5, 5.41) is 8.72. The van der Waals surface area contributed by atoms with E-state index in [-0.39, 0.29) is 13.2 Å². The van der Waals surface area contributed by atoms with Gasteiger partial charge in [-0.2, -0.15) is 0 Å². The molecule has 0 aliphatic heterocycles. The van der Waals surface area contributed by atoms with Gasteiger partial charge in [0.1, 0.15) is 18.2 Å². The molecule has 22 heavy (non-hydrogen) atoms. The molecule has 2 aromatic heterocycles. The van der Waals surface area contributed by atoms with E-state index >= 15 is 0 Å². The zero-order valence-electron chi connectivity index (χ0n) is 11.6. The molecule has 0 spiro atoms. The highest BCUT2D eigenvalue weighted by molar-refractivity contribution is 5.95. The lowest BCUT2D eigenvalue weighted by Gasteiger charge is -2.04. The fraction of sp³-hybridized carbons (Fsp3) is 0.133. The number of hydrogen-bond acceptors (Lipinski definition) is 5. The van der Waals surface area contributed by atoms with Crippen LogP contribution in [0.5, 0.6) is 5.75 Å². The molecule has 7 nitrogen and oxygen atoms in total. The summed E-state index contributed by atoms with van der Waals surface area (Å²) < 4.78 is 5.30. The second-order valence-corrected chi connectivity index (χ2v) is 4.64. The molecule has 0 unspecified atom stereocenters. The summed E-state index contributed by atoms with van der Waals surface area (Å²) >= 11 is 0. The van der Waals surface area contributed by atoms with E-state index in [1.54, 1.807) is 18.2 Å². The quantitative estimate of drug-likeness (QED) is 0.652. The van der Waals surface area contributed by atoms with Gasteiger partial charge in [0.05, 0.1) is 17.7 Å². The molecule has 0 fully saturated rings. The number of amides is 1. The van der Waals surface area contributed by atoms with Crippen molar-refractivity contribution in [3.05, 3.63) is 42.1 Å². The molecule has 112 valence electrons. The Labute approximate surface area is 125 Å². The van der Waals surface area contributed by atoms with Gasteiger partial charge in [-0.3, -0.25) is 4.79 Å². The highest BCUT2D eigenvalue weighted by Gasteiger charge is 2.09. The molecule has 0 saturated carbocycles. The van der Waals surface area contributed by atoms with Crippen LogP contribution >= 0.6 is 0 Å². The third-order valence-electron chi connectivity index (χ3n) is 3.11. The molecule has 2 heterocycles. The predicted molar refractivity (Wildman–Crippen MR) is 80.4 cm³/mol. The zero-order valence-corrected chi connectivity index (χ0v) is 11.6. The van der Waals surface area contributed by atoms with E-state index in [4.69, 9.17) is 15.6 Å². The molecule has 7 heteroatoms. The number of aliphatic hydroxyl groups is 1. The number of hydrogen-bond donors (Lipinski definition) is 3. The molecular formula is C15H14N4O3. The van der Waals surface area contributed by atoms with Crippen LogP contribution in [0.2, 0.25) is 0 Å². The van der Waals surface area contributed by atoms with Crippen molar-refractivity contribution in [1.29, 1.82) is 0 Å². The number of aromatic nitrogens is 3. The van der Waals surface area contributed by atoms with Crippen LogP contribution in [0.25, 0.3) is 22.6 Å². The smallest absolute Gasteiger partial charge is 0.250 e. The maximum absolute atomic E-state index is 11.2. The second-order valence-electron chi connectivity index (χ2n) is 4.64. The normalized spacial score (nSPS) is 10.8. The molecule has 3 rings (SSSR count). The van der Waals surface area contributed by atoms with Gasteiger partial charge in [0, 0.05) is 11.8 Å². The van der Waals surface area contributed by atoms with E-state index in [2.05, 4.69) is 15.0 Å². The van der Waals surface area contributed by atoms with Crippen molar-refractivity contribution in [3.8, 4) is 17.1 Å². The number of nitrogens with one attached hydrogen (secondary N) is 1. The van der Waals surface area contributed by atoms with Crippen molar-refractivity contribution in [2.24, 2.45) is 5.73 Å². The Morgan fingerprint density at radius 1 is 1.32 bits per heavy atom. The van der Waals surface area contributed by atoms with Crippen molar-refractivity contribution in [2.45, 2.75) is 0 Å². The Kier molecular flexibility index (Phi) is 3.71. The molecule has 4 N–H and O–H groups in total. The Morgan fingerprint density at radius 2 is 2.09 bits per heavy atom. The van der Waals surface area contributed by atoms with Crippen molar-refractivity contribution < 1.29 is 14.6 Å². The van der Waals surface area contributed by atoms with Crippen molar-refractivity contribution >= 4 is 17.1 Å². The summed E-state index contributed by atoms with van der Waals surface area (Å²) in [6, 6.07) is 8.90. The van der Waals surface area contributed by atoms with Crippen LogP contribution in [0.3, 0.4) is 0 Å². The zero-order chi connectivity index (χ0) is 15.5. The minimum Gasteiger partial charge on any atom is -0.491 e. The number of nitrogens with two attached hydrogens (primary N) is 1. The summed E-state index contributed by atoms with van der Waals surface area (Å²) in [6.07, 6.45) is 1.40. The van der Waals surface area contributed by atoms with E-state index in [0.717, 1.165) is 5.56 Å². The van der Waals surface area contributed by atoms with Crippen LogP contribution in [0.15, 0.2) is 36.5 Å².